The number of piperidine rings is 1. The second kappa shape index (κ2) is 7.59. The van der Waals surface area contributed by atoms with Crippen molar-refractivity contribution in [1.29, 1.82) is 0 Å². The van der Waals surface area contributed by atoms with Crippen LogP contribution in [0.4, 0.5) is 4.39 Å². The molecule has 5 nitrogen and oxygen atoms in total. The molecule has 1 aromatic rings. The smallest absolute Gasteiger partial charge is 0.244 e. The van der Waals surface area contributed by atoms with E-state index in [0.717, 1.165) is 32.0 Å². The second-order valence-corrected chi connectivity index (χ2v) is 7.96. The van der Waals surface area contributed by atoms with Crippen LogP contribution in [0, 0.1) is 11.7 Å². The molecule has 1 saturated heterocycles. The minimum absolute atomic E-state index is 0.147. The molecule has 1 aromatic carbocycles. The van der Waals surface area contributed by atoms with Crippen LogP contribution in [0.1, 0.15) is 26.7 Å². The van der Waals surface area contributed by atoms with Crippen LogP contribution < -0.4 is 9.46 Å². The molecule has 0 radical (unpaired) electrons. The van der Waals surface area contributed by atoms with Gasteiger partial charge < -0.3 is 9.64 Å². The molecule has 23 heavy (non-hydrogen) atoms. The summed E-state index contributed by atoms with van der Waals surface area (Å²) in [4.78, 5) is 2.24. The van der Waals surface area contributed by atoms with E-state index in [1.54, 1.807) is 0 Å². The fraction of sp³-hybridized carbons (Fsp3) is 0.625. The maximum absolute atomic E-state index is 13.4. The van der Waals surface area contributed by atoms with Crippen molar-refractivity contribution in [3.8, 4) is 5.75 Å². The number of ether oxygens (including phenoxy) is 1. The van der Waals surface area contributed by atoms with Crippen LogP contribution in [-0.4, -0.2) is 46.1 Å². The Bertz CT molecular complexity index is 626. The van der Waals surface area contributed by atoms with Crippen LogP contribution >= 0.6 is 0 Å². The number of benzene rings is 1. The van der Waals surface area contributed by atoms with Crippen molar-refractivity contribution in [2.75, 3.05) is 26.7 Å². The topological polar surface area (TPSA) is 58.6 Å². The highest BCUT2D eigenvalue weighted by molar-refractivity contribution is 7.89. The molecular weight excluding hydrogens is 319 g/mol. The zero-order valence-electron chi connectivity index (χ0n) is 13.9. The Kier molecular flexibility index (Phi) is 6.00. The first kappa shape index (κ1) is 18.2. The standard InChI is InChI=1S/C16H25FN2O3S/c1-12(2)19-8-6-13(7-9-19)11-18-23(20,21)16-10-14(17)4-5-15(16)22-3/h4-5,10,12-13,18H,6-9,11H2,1-3H3. The summed E-state index contributed by atoms with van der Waals surface area (Å²) in [7, 11) is -2.41. The maximum Gasteiger partial charge on any atom is 0.244 e. The van der Waals surface area contributed by atoms with E-state index in [9.17, 15) is 12.8 Å². The molecule has 0 amide bonds. The predicted molar refractivity (Wildman–Crippen MR) is 87.6 cm³/mol. The summed E-state index contributed by atoms with van der Waals surface area (Å²) in [5.41, 5.74) is 0. The first-order valence-electron chi connectivity index (χ1n) is 7.90. The Hall–Kier alpha value is -1.18. The van der Waals surface area contributed by atoms with E-state index in [2.05, 4.69) is 23.5 Å². The molecule has 1 aliphatic rings. The lowest BCUT2D eigenvalue weighted by Gasteiger charge is -2.34. The third kappa shape index (κ3) is 4.65. The number of nitrogens with zero attached hydrogens (tertiary/aromatic N) is 1. The van der Waals surface area contributed by atoms with E-state index >= 15 is 0 Å². The van der Waals surface area contributed by atoms with Crippen LogP contribution in [0.15, 0.2) is 23.1 Å². The van der Waals surface area contributed by atoms with Crippen molar-refractivity contribution >= 4 is 10.0 Å². The molecule has 0 bridgehead atoms. The molecule has 0 atom stereocenters. The number of hydrogen-bond donors (Lipinski definition) is 1. The summed E-state index contributed by atoms with van der Waals surface area (Å²) in [5.74, 6) is -0.149. The van der Waals surface area contributed by atoms with Gasteiger partial charge in [-0.25, -0.2) is 17.5 Å². The Morgan fingerprint density at radius 3 is 2.57 bits per heavy atom. The van der Waals surface area contributed by atoms with Crippen LogP contribution in [-0.2, 0) is 10.0 Å². The monoisotopic (exact) mass is 344 g/mol. The summed E-state index contributed by atoms with van der Waals surface area (Å²) in [6.45, 7) is 6.66. The molecule has 0 aromatic heterocycles. The van der Waals surface area contributed by atoms with Gasteiger partial charge in [-0.2, -0.15) is 0 Å². The number of methoxy groups -OCH3 is 1. The summed E-state index contributed by atoms with van der Waals surface area (Å²) < 4.78 is 45.8. The van der Waals surface area contributed by atoms with E-state index in [4.69, 9.17) is 4.74 Å². The van der Waals surface area contributed by atoms with Crippen molar-refractivity contribution in [1.82, 2.24) is 9.62 Å². The van der Waals surface area contributed by atoms with E-state index < -0.39 is 15.8 Å². The first-order chi connectivity index (χ1) is 10.8. The molecule has 130 valence electrons. The average Bonchev–Trinajstić information content (AvgIpc) is 2.53. The molecule has 0 aliphatic carbocycles. The van der Waals surface area contributed by atoms with Gasteiger partial charge in [0, 0.05) is 12.6 Å². The number of halogens is 1. The van der Waals surface area contributed by atoms with Crippen molar-refractivity contribution in [3.63, 3.8) is 0 Å². The van der Waals surface area contributed by atoms with Gasteiger partial charge in [0.2, 0.25) is 10.0 Å². The van der Waals surface area contributed by atoms with E-state index in [0.29, 0.717) is 18.5 Å². The zero-order chi connectivity index (χ0) is 17.0. The molecule has 0 unspecified atom stereocenters. The third-order valence-electron chi connectivity index (χ3n) is 4.36. The second-order valence-electron chi connectivity index (χ2n) is 6.22. The quantitative estimate of drug-likeness (QED) is 0.860. The Balaban J connectivity index is 1.99. The lowest BCUT2D eigenvalue weighted by Crippen LogP contribution is -2.41. The normalized spacial score (nSPS) is 17.6. The van der Waals surface area contributed by atoms with E-state index in [-0.39, 0.29) is 10.6 Å². The van der Waals surface area contributed by atoms with E-state index in [1.165, 1.54) is 19.2 Å². The molecule has 1 aliphatic heterocycles. The molecular formula is C16H25FN2O3S. The van der Waals surface area contributed by atoms with Gasteiger partial charge in [-0.15, -0.1) is 0 Å². The number of nitrogens with one attached hydrogen (secondary N) is 1. The summed E-state index contributed by atoms with van der Waals surface area (Å²) in [5, 5.41) is 0. The van der Waals surface area contributed by atoms with Crippen LogP contribution in [0.3, 0.4) is 0 Å². The van der Waals surface area contributed by atoms with Crippen LogP contribution in [0.5, 0.6) is 5.75 Å². The van der Waals surface area contributed by atoms with Gasteiger partial charge >= 0.3 is 0 Å². The molecule has 0 spiro atoms. The maximum atomic E-state index is 13.4. The zero-order valence-corrected chi connectivity index (χ0v) is 14.7. The van der Waals surface area contributed by atoms with Gasteiger partial charge in [-0.1, -0.05) is 0 Å². The van der Waals surface area contributed by atoms with Gasteiger partial charge in [-0.3, -0.25) is 0 Å². The summed E-state index contributed by atoms with van der Waals surface area (Å²) >= 11 is 0. The minimum Gasteiger partial charge on any atom is -0.495 e. The molecule has 7 heteroatoms. The highest BCUT2D eigenvalue weighted by Gasteiger charge is 2.25. The van der Waals surface area contributed by atoms with Gasteiger partial charge in [0.05, 0.1) is 7.11 Å². The van der Waals surface area contributed by atoms with E-state index in [1.807, 2.05) is 0 Å². The molecule has 1 N–H and O–H groups in total. The lowest BCUT2D eigenvalue weighted by atomic mass is 9.96. The third-order valence-corrected chi connectivity index (χ3v) is 5.80. The Morgan fingerprint density at radius 1 is 1.35 bits per heavy atom. The largest absolute Gasteiger partial charge is 0.495 e. The Morgan fingerprint density at radius 2 is 2.00 bits per heavy atom. The number of sulfonamides is 1. The highest BCUT2D eigenvalue weighted by Crippen LogP contribution is 2.25. The minimum atomic E-state index is -3.78. The van der Waals surface area contributed by atoms with Crippen LogP contribution in [0.25, 0.3) is 0 Å². The van der Waals surface area contributed by atoms with Crippen molar-refractivity contribution in [3.05, 3.63) is 24.0 Å². The average molecular weight is 344 g/mol. The first-order valence-corrected chi connectivity index (χ1v) is 9.39. The number of likely N-dealkylation sites (tertiary alicyclic amines) is 1. The highest BCUT2D eigenvalue weighted by atomic mass is 32.2. The van der Waals surface area contributed by atoms with Gasteiger partial charge in [-0.05, 0) is 63.9 Å². The SMILES string of the molecule is COc1ccc(F)cc1S(=O)(=O)NCC1CCN(C(C)C)CC1. The van der Waals surface area contributed by atoms with Crippen molar-refractivity contribution in [2.45, 2.75) is 37.6 Å². The molecule has 2 rings (SSSR count). The Labute approximate surface area is 137 Å². The summed E-state index contributed by atoms with van der Waals surface area (Å²) in [6, 6.07) is 4.01. The molecule has 1 heterocycles. The summed E-state index contributed by atoms with van der Waals surface area (Å²) in [6.07, 6.45) is 1.92. The van der Waals surface area contributed by atoms with Gasteiger partial charge in [0.15, 0.2) is 0 Å². The molecule has 1 fully saturated rings. The van der Waals surface area contributed by atoms with Gasteiger partial charge in [0.25, 0.3) is 0 Å². The fourth-order valence-electron chi connectivity index (χ4n) is 2.84. The predicted octanol–water partition coefficient (Wildman–Crippen LogP) is 2.23. The fourth-order valence-corrected chi connectivity index (χ4v) is 4.13. The number of rotatable bonds is 6. The number of hydrogen-bond acceptors (Lipinski definition) is 4. The van der Waals surface area contributed by atoms with Crippen LogP contribution in [0.2, 0.25) is 0 Å². The van der Waals surface area contributed by atoms with Gasteiger partial charge in [0.1, 0.15) is 16.5 Å². The van der Waals surface area contributed by atoms with Crippen molar-refractivity contribution < 1.29 is 17.5 Å². The lowest BCUT2D eigenvalue weighted by molar-refractivity contribution is 0.150. The van der Waals surface area contributed by atoms with Crippen molar-refractivity contribution in [2.24, 2.45) is 5.92 Å². The molecule has 0 saturated carbocycles.